The molecule has 144 valence electrons. The average Bonchev–Trinajstić information content (AvgIpc) is 2.71. The van der Waals surface area contributed by atoms with E-state index in [0.29, 0.717) is 31.0 Å². The first kappa shape index (κ1) is 20.8. The maximum absolute atomic E-state index is 12.1. The molecule has 0 unspecified atom stereocenters. The second-order valence-corrected chi connectivity index (χ2v) is 6.61. The summed E-state index contributed by atoms with van der Waals surface area (Å²) in [5, 5.41) is 0. The summed E-state index contributed by atoms with van der Waals surface area (Å²) in [5.74, 6) is 1.77. The third kappa shape index (κ3) is 7.69. The largest absolute Gasteiger partial charge is 0.493 e. The van der Waals surface area contributed by atoms with E-state index in [0.717, 1.165) is 42.6 Å². The van der Waals surface area contributed by atoms with E-state index in [1.165, 1.54) is 0 Å². The van der Waals surface area contributed by atoms with E-state index in [4.69, 9.17) is 9.47 Å². The van der Waals surface area contributed by atoms with Crippen molar-refractivity contribution in [1.29, 1.82) is 0 Å². The zero-order valence-corrected chi connectivity index (χ0v) is 16.4. The normalized spacial score (nSPS) is 10.9. The number of ether oxygens (including phenoxy) is 2. The van der Waals surface area contributed by atoms with E-state index in [-0.39, 0.29) is 0 Å². The number of Topliss-reactive ketones (excluding diaryl/α,β-unsaturated/α-hetero) is 1. The Morgan fingerprint density at radius 1 is 0.963 bits per heavy atom. The molecule has 2 aromatic carbocycles. The van der Waals surface area contributed by atoms with Gasteiger partial charge >= 0.3 is 0 Å². The van der Waals surface area contributed by atoms with Crippen LogP contribution in [-0.4, -0.2) is 12.9 Å². The number of aryl methyl sites for hydroxylation is 1. The summed E-state index contributed by atoms with van der Waals surface area (Å²) in [4.78, 5) is 12.1. The first-order valence-corrected chi connectivity index (χ1v) is 9.69. The Kier molecular flexibility index (Phi) is 9.19. The van der Waals surface area contributed by atoms with Crippen LogP contribution in [0.2, 0.25) is 0 Å². The molecule has 3 nitrogen and oxygen atoms in total. The minimum absolute atomic E-state index is 0.332. The second kappa shape index (κ2) is 11.9. The van der Waals surface area contributed by atoms with Gasteiger partial charge in [-0.1, -0.05) is 48.6 Å². The number of hydrogen-bond acceptors (Lipinski definition) is 3. The summed E-state index contributed by atoms with van der Waals surface area (Å²) in [6.07, 6.45) is 9.31. The number of carbonyl (C=O) groups is 1. The molecular formula is C24H30O3. The molecule has 0 aliphatic heterocycles. The molecule has 0 N–H and O–H groups in total. The molecule has 0 saturated carbocycles. The highest BCUT2D eigenvalue weighted by molar-refractivity contribution is 5.78. The Morgan fingerprint density at radius 3 is 2.52 bits per heavy atom. The second-order valence-electron chi connectivity index (χ2n) is 6.61. The molecule has 0 radical (unpaired) electrons. The summed E-state index contributed by atoms with van der Waals surface area (Å²) < 4.78 is 11.3. The first-order valence-electron chi connectivity index (χ1n) is 9.69. The van der Waals surface area contributed by atoms with Gasteiger partial charge in [0.15, 0.2) is 11.5 Å². The van der Waals surface area contributed by atoms with E-state index in [1.54, 1.807) is 7.11 Å². The molecule has 0 fully saturated rings. The van der Waals surface area contributed by atoms with Crippen molar-refractivity contribution < 1.29 is 14.3 Å². The van der Waals surface area contributed by atoms with Crippen LogP contribution >= 0.6 is 0 Å². The van der Waals surface area contributed by atoms with E-state index >= 15 is 0 Å². The molecule has 0 aliphatic carbocycles. The van der Waals surface area contributed by atoms with Crippen molar-refractivity contribution in [3.8, 4) is 11.5 Å². The van der Waals surface area contributed by atoms with Crippen molar-refractivity contribution in [3.05, 3.63) is 71.8 Å². The van der Waals surface area contributed by atoms with Crippen LogP contribution in [0.25, 0.3) is 0 Å². The molecule has 0 amide bonds. The highest BCUT2D eigenvalue weighted by atomic mass is 16.5. The van der Waals surface area contributed by atoms with Crippen molar-refractivity contribution in [2.75, 3.05) is 7.11 Å². The van der Waals surface area contributed by atoms with Crippen molar-refractivity contribution in [2.24, 2.45) is 0 Å². The Balaban J connectivity index is 1.81. The number of rotatable bonds is 12. The highest BCUT2D eigenvalue weighted by Crippen LogP contribution is 2.29. The number of allylic oxidation sites excluding steroid dienone is 2. The van der Waals surface area contributed by atoms with Gasteiger partial charge in [0.2, 0.25) is 0 Å². The lowest BCUT2D eigenvalue weighted by Gasteiger charge is -2.12. The molecule has 0 bridgehead atoms. The SMILES string of the molecule is CC=CCCCCC(=O)CCc1ccc(OCc2ccccc2)c(OC)c1. The molecule has 0 aromatic heterocycles. The summed E-state index contributed by atoms with van der Waals surface area (Å²) >= 11 is 0. The van der Waals surface area contributed by atoms with Crippen LogP contribution in [0.4, 0.5) is 0 Å². The van der Waals surface area contributed by atoms with Gasteiger partial charge in [-0.2, -0.15) is 0 Å². The van der Waals surface area contributed by atoms with E-state index in [2.05, 4.69) is 12.2 Å². The number of unbranched alkanes of at least 4 members (excludes halogenated alkanes) is 2. The van der Waals surface area contributed by atoms with E-state index in [1.807, 2.05) is 55.5 Å². The highest BCUT2D eigenvalue weighted by Gasteiger charge is 2.08. The smallest absolute Gasteiger partial charge is 0.161 e. The minimum atomic E-state index is 0.332. The molecule has 3 heteroatoms. The average molecular weight is 367 g/mol. The van der Waals surface area contributed by atoms with Crippen LogP contribution < -0.4 is 9.47 Å². The Labute approximate surface area is 163 Å². The quantitative estimate of drug-likeness (QED) is 0.346. The first-order chi connectivity index (χ1) is 13.2. The monoisotopic (exact) mass is 366 g/mol. The van der Waals surface area contributed by atoms with Crippen molar-refractivity contribution in [2.45, 2.75) is 52.1 Å². The van der Waals surface area contributed by atoms with Gasteiger partial charge in [-0.25, -0.2) is 0 Å². The Morgan fingerprint density at radius 2 is 1.78 bits per heavy atom. The molecule has 0 saturated heterocycles. The van der Waals surface area contributed by atoms with Crippen LogP contribution in [0, 0.1) is 0 Å². The number of hydrogen-bond donors (Lipinski definition) is 0. The number of ketones is 1. The molecular weight excluding hydrogens is 336 g/mol. The maximum Gasteiger partial charge on any atom is 0.161 e. The van der Waals surface area contributed by atoms with Gasteiger partial charge in [-0.05, 0) is 55.9 Å². The summed E-state index contributed by atoms with van der Waals surface area (Å²) in [6.45, 7) is 2.53. The van der Waals surface area contributed by atoms with Crippen molar-refractivity contribution in [1.82, 2.24) is 0 Å². The van der Waals surface area contributed by atoms with E-state index < -0.39 is 0 Å². The molecule has 2 rings (SSSR count). The van der Waals surface area contributed by atoms with Gasteiger partial charge in [0.1, 0.15) is 12.4 Å². The summed E-state index contributed by atoms with van der Waals surface area (Å²) in [7, 11) is 1.64. The van der Waals surface area contributed by atoms with Crippen LogP contribution in [-0.2, 0) is 17.8 Å². The topological polar surface area (TPSA) is 35.5 Å². The van der Waals surface area contributed by atoms with Crippen LogP contribution in [0.1, 0.15) is 50.2 Å². The molecule has 0 atom stereocenters. The fraction of sp³-hybridized carbons (Fsp3) is 0.375. The predicted octanol–water partition coefficient (Wildman–Crippen LogP) is 5.91. The zero-order chi connectivity index (χ0) is 19.3. The third-order valence-electron chi connectivity index (χ3n) is 4.47. The molecule has 0 aliphatic rings. The van der Waals surface area contributed by atoms with Crippen LogP contribution in [0.3, 0.4) is 0 Å². The standard InChI is InChI=1S/C24H30O3/c1-3-4-5-6-10-13-22(25)16-14-20-15-17-23(24(18-20)26-2)27-19-21-11-8-7-9-12-21/h3-4,7-9,11-12,15,17-18H,5-6,10,13-14,16,19H2,1-2H3. The predicted molar refractivity (Wildman–Crippen MR) is 110 cm³/mol. The van der Waals surface area contributed by atoms with Crippen molar-refractivity contribution in [3.63, 3.8) is 0 Å². The van der Waals surface area contributed by atoms with E-state index in [9.17, 15) is 4.79 Å². The minimum Gasteiger partial charge on any atom is -0.493 e. The van der Waals surface area contributed by atoms with Crippen LogP contribution in [0.5, 0.6) is 11.5 Å². The lowest BCUT2D eigenvalue weighted by Crippen LogP contribution is -2.01. The fourth-order valence-corrected chi connectivity index (χ4v) is 2.88. The number of benzene rings is 2. The van der Waals surface area contributed by atoms with Gasteiger partial charge in [0.25, 0.3) is 0 Å². The molecule has 0 spiro atoms. The van der Waals surface area contributed by atoms with Gasteiger partial charge in [-0.3, -0.25) is 4.79 Å². The van der Waals surface area contributed by atoms with Gasteiger partial charge < -0.3 is 9.47 Å². The summed E-state index contributed by atoms with van der Waals surface area (Å²) in [6, 6.07) is 16.0. The fourth-order valence-electron chi connectivity index (χ4n) is 2.88. The van der Waals surface area contributed by atoms with Gasteiger partial charge in [0.05, 0.1) is 7.11 Å². The Bertz CT molecular complexity index is 720. The summed E-state index contributed by atoms with van der Waals surface area (Å²) in [5.41, 5.74) is 2.21. The molecule has 27 heavy (non-hydrogen) atoms. The zero-order valence-electron chi connectivity index (χ0n) is 16.4. The van der Waals surface area contributed by atoms with Gasteiger partial charge in [-0.15, -0.1) is 0 Å². The third-order valence-corrected chi connectivity index (χ3v) is 4.47. The number of methoxy groups -OCH3 is 1. The van der Waals surface area contributed by atoms with Crippen molar-refractivity contribution >= 4 is 5.78 Å². The molecule has 0 heterocycles. The maximum atomic E-state index is 12.1. The molecule has 2 aromatic rings. The lowest BCUT2D eigenvalue weighted by molar-refractivity contribution is -0.119. The van der Waals surface area contributed by atoms with Gasteiger partial charge in [0, 0.05) is 12.8 Å². The number of carbonyl (C=O) groups excluding carboxylic acids is 1. The lowest BCUT2D eigenvalue weighted by atomic mass is 10.0. The Hall–Kier alpha value is -2.55. The van der Waals surface area contributed by atoms with Crippen LogP contribution in [0.15, 0.2) is 60.7 Å².